The minimum absolute atomic E-state index is 0.0238. The molecule has 0 spiro atoms. The van der Waals surface area contributed by atoms with Crippen molar-refractivity contribution < 1.29 is 23.4 Å². The van der Waals surface area contributed by atoms with Gasteiger partial charge in [0.05, 0.1) is 16.1 Å². The van der Waals surface area contributed by atoms with Gasteiger partial charge < -0.3 is 4.52 Å². The molecule has 2 amide bonds. The summed E-state index contributed by atoms with van der Waals surface area (Å²) in [4.78, 5) is 40.4. The van der Waals surface area contributed by atoms with E-state index in [4.69, 9.17) is 4.52 Å². The number of fused-ring (bicyclic) bond motifs is 1. The average molecular weight is 410 g/mol. The van der Waals surface area contributed by atoms with Crippen molar-refractivity contribution in [3.8, 4) is 11.4 Å². The van der Waals surface area contributed by atoms with Crippen LogP contribution in [0.3, 0.4) is 0 Å². The summed E-state index contributed by atoms with van der Waals surface area (Å²) >= 11 is 0. The largest absolute Gasteiger partial charge is 0.339 e. The Morgan fingerprint density at radius 3 is 2.63 bits per heavy atom. The van der Waals surface area contributed by atoms with E-state index in [1.807, 2.05) is 0 Å². The zero-order chi connectivity index (χ0) is 21.4. The maximum Gasteiger partial charge on any atom is 0.270 e. The van der Waals surface area contributed by atoms with Crippen LogP contribution >= 0.6 is 0 Å². The summed E-state index contributed by atoms with van der Waals surface area (Å²) in [6, 6.07) is 8.22. The number of hydrogen-bond acceptors (Lipinski definition) is 7. The van der Waals surface area contributed by atoms with Crippen molar-refractivity contribution >= 4 is 17.5 Å². The van der Waals surface area contributed by atoms with Gasteiger partial charge in [-0.1, -0.05) is 17.3 Å². The fourth-order valence-electron chi connectivity index (χ4n) is 3.19. The van der Waals surface area contributed by atoms with Gasteiger partial charge in [-0.15, -0.1) is 0 Å². The van der Waals surface area contributed by atoms with Crippen molar-refractivity contribution in [1.29, 1.82) is 0 Å². The zero-order valence-electron chi connectivity index (χ0n) is 15.8. The van der Waals surface area contributed by atoms with Gasteiger partial charge >= 0.3 is 0 Å². The molecule has 2 aromatic carbocycles. The third-order valence-electron chi connectivity index (χ3n) is 4.84. The standard InChI is InChI=1S/C20H15FN4O5/c1-11-4-5-12(9-16(11)21)18-22-17(30-23-18)3-2-8-24-19(26)14-7-6-13(25(28)29)10-15(14)20(24)27/h4-7,9-10H,2-3,8H2,1H3. The van der Waals surface area contributed by atoms with Gasteiger partial charge in [0.15, 0.2) is 0 Å². The zero-order valence-corrected chi connectivity index (χ0v) is 15.8. The summed E-state index contributed by atoms with van der Waals surface area (Å²) in [5.41, 5.74) is 0.911. The number of nitro benzene ring substituents is 1. The van der Waals surface area contributed by atoms with E-state index in [1.165, 1.54) is 18.2 Å². The van der Waals surface area contributed by atoms with Crippen LogP contribution in [0.15, 0.2) is 40.9 Å². The Kier molecular flexibility index (Phi) is 4.82. The van der Waals surface area contributed by atoms with Crippen LogP contribution < -0.4 is 0 Å². The maximum atomic E-state index is 13.7. The van der Waals surface area contributed by atoms with Crippen molar-refractivity contribution in [2.75, 3.05) is 6.54 Å². The lowest BCUT2D eigenvalue weighted by Gasteiger charge is -2.12. The molecule has 4 rings (SSSR count). The number of amides is 2. The van der Waals surface area contributed by atoms with E-state index < -0.39 is 16.7 Å². The number of benzene rings is 2. The lowest BCUT2D eigenvalue weighted by atomic mass is 10.1. The molecule has 0 unspecified atom stereocenters. The molecule has 0 fully saturated rings. The molecule has 1 aliphatic heterocycles. The topological polar surface area (TPSA) is 119 Å². The number of imide groups is 1. The Labute approximate surface area is 169 Å². The molecule has 1 aliphatic rings. The normalized spacial score (nSPS) is 13.1. The van der Waals surface area contributed by atoms with E-state index >= 15 is 0 Å². The van der Waals surface area contributed by atoms with Crippen molar-refractivity contribution in [1.82, 2.24) is 15.0 Å². The third kappa shape index (κ3) is 3.43. The molecule has 0 radical (unpaired) electrons. The number of nitrogens with zero attached hydrogens (tertiary/aromatic N) is 4. The van der Waals surface area contributed by atoms with Crippen LogP contribution in [-0.4, -0.2) is 38.3 Å². The van der Waals surface area contributed by atoms with Crippen LogP contribution in [-0.2, 0) is 6.42 Å². The van der Waals surface area contributed by atoms with Gasteiger partial charge in [0.25, 0.3) is 17.5 Å². The second-order valence-corrected chi connectivity index (χ2v) is 6.83. The molecule has 0 bridgehead atoms. The minimum Gasteiger partial charge on any atom is -0.339 e. The summed E-state index contributed by atoms with van der Waals surface area (Å²) in [6.45, 7) is 1.75. The Morgan fingerprint density at radius 2 is 1.90 bits per heavy atom. The molecule has 9 nitrogen and oxygen atoms in total. The van der Waals surface area contributed by atoms with Gasteiger partial charge in [0, 0.05) is 30.7 Å². The van der Waals surface area contributed by atoms with E-state index in [9.17, 15) is 24.1 Å². The van der Waals surface area contributed by atoms with E-state index in [1.54, 1.807) is 19.1 Å². The predicted octanol–water partition coefficient (Wildman–Crippen LogP) is 3.32. The van der Waals surface area contributed by atoms with E-state index in [0.717, 1.165) is 11.0 Å². The van der Waals surface area contributed by atoms with Crippen molar-refractivity contribution in [2.45, 2.75) is 19.8 Å². The Morgan fingerprint density at radius 1 is 1.13 bits per heavy atom. The highest BCUT2D eigenvalue weighted by molar-refractivity contribution is 6.21. The van der Waals surface area contributed by atoms with Crippen molar-refractivity contribution in [3.05, 3.63) is 74.9 Å². The van der Waals surface area contributed by atoms with Crippen LogP contribution in [0.25, 0.3) is 11.4 Å². The quantitative estimate of drug-likeness (QED) is 0.347. The number of nitro groups is 1. The maximum absolute atomic E-state index is 13.7. The van der Waals surface area contributed by atoms with Gasteiger partial charge in [-0.3, -0.25) is 24.6 Å². The first-order chi connectivity index (χ1) is 14.3. The third-order valence-corrected chi connectivity index (χ3v) is 4.84. The highest BCUT2D eigenvalue weighted by Crippen LogP contribution is 2.27. The summed E-state index contributed by atoms with van der Waals surface area (Å²) in [7, 11) is 0. The molecular formula is C20H15FN4O5. The fourth-order valence-corrected chi connectivity index (χ4v) is 3.19. The summed E-state index contributed by atoms with van der Waals surface area (Å²) in [5, 5.41) is 14.7. The Hall–Kier alpha value is -3.95. The van der Waals surface area contributed by atoms with Crippen molar-refractivity contribution in [2.24, 2.45) is 0 Å². The predicted molar refractivity (Wildman–Crippen MR) is 101 cm³/mol. The van der Waals surface area contributed by atoms with Gasteiger partial charge in [-0.05, 0) is 31.0 Å². The average Bonchev–Trinajstić information content (AvgIpc) is 3.29. The molecule has 0 saturated heterocycles. The molecule has 30 heavy (non-hydrogen) atoms. The lowest BCUT2D eigenvalue weighted by Crippen LogP contribution is -2.31. The second-order valence-electron chi connectivity index (χ2n) is 6.83. The number of carbonyl (C=O) groups is 2. The van der Waals surface area contributed by atoms with Gasteiger partial charge in [-0.2, -0.15) is 4.98 Å². The number of aryl methyl sites for hydroxylation is 2. The highest BCUT2D eigenvalue weighted by Gasteiger charge is 2.36. The number of hydrogen-bond donors (Lipinski definition) is 0. The van der Waals surface area contributed by atoms with Gasteiger partial charge in [0.1, 0.15) is 5.82 Å². The first-order valence-corrected chi connectivity index (χ1v) is 9.09. The molecule has 10 heteroatoms. The molecule has 1 aromatic heterocycles. The molecule has 0 aliphatic carbocycles. The highest BCUT2D eigenvalue weighted by atomic mass is 19.1. The Bertz CT molecular complexity index is 1190. The van der Waals surface area contributed by atoms with E-state index in [0.29, 0.717) is 29.9 Å². The number of rotatable bonds is 6. The molecule has 0 atom stereocenters. The smallest absolute Gasteiger partial charge is 0.270 e. The second kappa shape index (κ2) is 7.47. The number of non-ortho nitro benzene ring substituents is 1. The van der Waals surface area contributed by atoms with Gasteiger partial charge in [0.2, 0.25) is 11.7 Å². The lowest BCUT2D eigenvalue weighted by molar-refractivity contribution is -0.384. The monoisotopic (exact) mass is 410 g/mol. The summed E-state index contributed by atoms with van der Waals surface area (Å²) < 4.78 is 18.9. The number of carbonyl (C=O) groups excluding carboxylic acids is 2. The molecule has 3 aromatic rings. The molecular weight excluding hydrogens is 395 g/mol. The van der Waals surface area contributed by atoms with Crippen molar-refractivity contribution in [3.63, 3.8) is 0 Å². The number of halogens is 1. The molecule has 152 valence electrons. The van der Waals surface area contributed by atoms with E-state index in [2.05, 4.69) is 10.1 Å². The summed E-state index contributed by atoms with van der Waals surface area (Å²) in [6.07, 6.45) is 0.659. The first-order valence-electron chi connectivity index (χ1n) is 9.09. The molecule has 0 N–H and O–H groups in total. The van der Waals surface area contributed by atoms with Crippen LogP contribution in [0.1, 0.15) is 38.6 Å². The first kappa shape index (κ1) is 19.4. The van der Waals surface area contributed by atoms with Crippen LogP contribution in [0.2, 0.25) is 0 Å². The minimum atomic E-state index is -0.617. The van der Waals surface area contributed by atoms with Crippen LogP contribution in [0, 0.1) is 22.9 Å². The van der Waals surface area contributed by atoms with Gasteiger partial charge in [-0.25, -0.2) is 4.39 Å². The Balaban J connectivity index is 1.41. The SMILES string of the molecule is Cc1ccc(-c2noc(CCCN3C(=O)c4ccc([N+](=O)[O-])cc4C3=O)n2)cc1F. The van der Waals surface area contributed by atoms with Crippen LogP contribution in [0.5, 0.6) is 0 Å². The van der Waals surface area contributed by atoms with Crippen LogP contribution in [0.4, 0.5) is 10.1 Å². The van der Waals surface area contributed by atoms with E-state index in [-0.39, 0.29) is 35.0 Å². The molecule has 2 heterocycles. The number of aromatic nitrogens is 2. The fraction of sp³-hybridized carbons (Fsp3) is 0.200. The molecule has 0 saturated carbocycles. The summed E-state index contributed by atoms with van der Waals surface area (Å²) in [5.74, 6) is -0.897.